The van der Waals surface area contributed by atoms with Gasteiger partial charge in [0.25, 0.3) is 0 Å². The van der Waals surface area contributed by atoms with Crippen LogP contribution in [0.5, 0.6) is 0 Å². The number of hydrogen-bond donors (Lipinski definition) is 1. The number of aliphatic carboxylic acids is 1. The molecular formula is C18H20N2O4. The average molecular weight is 328 g/mol. The highest BCUT2D eigenvalue weighted by Gasteiger charge is 2.37. The van der Waals surface area contributed by atoms with Crippen molar-refractivity contribution < 1.29 is 19.2 Å². The van der Waals surface area contributed by atoms with Gasteiger partial charge < -0.3 is 14.5 Å². The van der Waals surface area contributed by atoms with Crippen LogP contribution in [0.4, 0.5) is 0 Å². The van der Waals surface area contributed by atoms with E-state index in [2.05, 4.69) is 5.16 Å². The highest BCUT2D eigenvalue weighted by Crippen LogP contribution is 2.30. The molecule has 24 heavy (non-hydrogen) atoms. The lowest BCUT2D eigenvalue weighted by Crippen LogP contribution is -2.50. The molecule has 0 spiro atoms. The van der Waals surface area contributed by atoms with E-state index in [1.54, 1.807) is 20.8 Å². The first-order valence-electron chi connectivity index (χ1n) is 7.93. The third-order valence-electron chi connectivity index (χ3n) is 4.71. The zero-order chi connectivity index (χ0) is 17.4. The molecule has 6 nitrogen and oxygen atoms in total. The third kappa shape index (κ3) is 2.68. The summed E-state index contributed by atoms with van der Waals surface area (Å²) in [5, 5.41) is 13.5. The molecule has 2 aromatic rings. The fourth-order valence-corrected chi connectivity index (χ4v) is 3.46. The highest BCUT2D eigenvalue weighted by molar-refractivity contribution is 5.89. The van der Waals surface area contributed by atoms with Crippen molar-refractivity contribution in [1.82, 2.24) is 10.1 Å². The van der Waals surface area contributed by atoms with Crippen LogP contribution < -0.4 is 0 Å². The number of carboxylic acid groups (broad SMARTS) is 1. The Hall–Kier alpha value is -2.63. The van der Waals surface area contributed by atoms with Crippen molar-refractivity contribution in [3.05, 3.63) is 52.4 Å². The van der Waals surface area contributed by atoms with Gasteiger partial charge in [0.15, 0.2) is 0 Å². The van der Waals surface area contributed by atoms with Crippen molar-refractivity contribution in [2.24, 2.45) is 0 Å². The number of carbonyl (C=O) groups excluding carboxylic acids is 1. The number of aryl methyl sites for hydroxylation is 2. The summed E-state index contributed by atoms with van der Waals surface area (Å²) in [6.45, 7) is 5.63. The Morgan fingerprint density at radius 1 is 1.29 bits per heavy atom. The lowest BCUT2D eigenvalue weighted by atomic mass is 9.91. The van der Waals surface area contributed by atoms with Crippen LogP contribution in [0.1, 0.15) is 41.0 Å². The maximum absolute atomic E-state index is 13.0. The van der Waals surface area contributed by atoms with Crippen molar-refractivity contribution in [3.8, 4) is 0 Å². The lowest BCUT2D eigenvalue weighted by Gasteiger charge is -2.36. The maximum atomic E-state index is 13.0. The number of fused-ring (bicyclic) bond motifs is 1. The molecule has 1 aromatic heterocycles. The number of nitrogens with zero attached hydrogens (tertiary/aromatic N) is 2. The van der Waals surface area contributed by atoms with Crippen molar-refractivity contribution >= 4 is 11.9 Å². The molecule has 1 aliphatic heterocycles. The Kier molecular flexibility index (Phi) is 4.13. The van der Waals surface area contributed by atoms with E-state index in [1.165, 1.54) is 4.90 Å². The second-order valence-corrected chi connectivity index (χ2v) is 6.25. The number of rotatable bonds is 3. The second kappa shape index (κ2) is 6.11. The van der Waals surface area contributed by atoms with E-state index in [0.717, 1.165) is 16.7 Å². The first kappa shape index (κ1) is 16.2. The van der Waals surface area contributed by atoms with Gasteiger partial charge in [0.05, 0.1) is 11.6 Å². The standard InChI is InChI=1S/C18H20N2O4/c1-10(16-11(2)19-24-12(16)3)17(21)20-9-14-7-5-4-6-13(14)8-15(20)18(22)23/h4-7,10,15H,8-9H2,1-3H3,(H,22,23)/t10-,15-/m0/s1. The highest BCUT2D eigenvalue weighted by atomic mass is 16.5. The fourth-order valence-electron chi connectivity index (χ4n) is 3.46. The van der Waals surface area contributed by atoms with Gasteiger partial charge >= 0.3 is 5.97 Å². The minimum Gasteiger partial charge on any atom is -0.480 e. The zero-order valence-corrected chi connectivity index (χ0v) is 13.9. The normalized spacial score (nSPS) is 18.1. The zero-order valence-electron chi connectivity index (χ0n) is 13.9. The van der Waals surface area contributed by atoms with Crippen molar-refractivity contribution in [2.45, 2.75) is 45.7 Å². The minimum atomic E-state index is -0.983. The molecule has 126 valence electrons. The molecule has 0 saturated heterocycles. The van der Waals surface area contributed by atoms with Crippen molar-refractivity contribution in [2.75, 3.05) is 0 Å². The largest absolute Gasteiger partial charge is 0.480 e. The number of amides is 1. The molecule has 1 N–H and O–H groups in total. The summed E-state index contributed by atoms with van der Waals surface area (Å²) in [6.07, 6.45) is 0.325. The molecule has 1 aliphatic rings. The minimum absolute atomic E-state index is 0.216. The summed E-state index contributed by atoms with van der Waals surface area (Å²) in [5.74, 6) is -1.10. The predicted molar refractivity (Wildman–Crippen MR) is 86.5 cm³/mol. The smallest absolute Gasteiger partial charge is 0.326 e. The van der Waals surface area contributed by atoms with Crippen LogP contribution in [0, 0.1) is 13.8 Å². The molecule has 2 atom stereocenters. The number of benzene rings is 1. The molecule has 3 rings (SSSR count). The van der Waals surface area contributed by atoms with Gasteiger partial charge in [0.2, 0.25) is 5.91 Å². The number of aromatic nitrogens is 1. The van der Waals surface area contributed by atoms with E-state index >= 15 is 0 Å². The van der Waals surface area contributed by atoms with Crippen LogP contribution >= 0.6 is 0 Å². The second-order valence-electron chi connectivity index (χ2n) is 6.25. The number of hydrogen-bond acceptors (Lipinski definition) is 4. The summed E-state index contributed by atoms with van der Waals surface area (Å²) in [5.41, 5.74) is 3.38. The van der Waals surface area contributed by atoms with Gasteiger partial charge in [-0.25, -0.2) is 4.79 Å². The van der Waals surface area contributed by atoms with E-state index in [1.807, 2.05) is 24.3 Å². The molecule has 0 fully saturated rings. The van der Waals surface area contributed by atoms with Gasteiger partial charge in [-0.15, -0.1) is 0 Å². The van der Waals surface area contributed by atoms with Gasteiger partial charge in [-0.05, 0) is 31.9 Å². The lowest BCUT2D eigenvalue weighted by molar-refractivity contribution is -0.152. The summed E-state index contributed by atoms with van der Waals surface area (Å²) >= 11 is 0. The Balaban J connectivity index is 1.94. The Labute approximate surface area is 140 Å². The fraction of sp³-hybridized carbons (Fsp3) is 0.389. The van der Waals surface area contributed by atoms with Crippen LogP contribution in [0.3, 0.4) is 0 Å². The van der Waals surface area contributed by atoms with E-state index < -0.39 is 17.9 Å². The summed E-state index contributed by atoms with van der Waals surface area (Å²) in [6, 6.07) is 6.80. The summed E-state index contributed by atoms with van der Waals surface area (Å²) in [4.78, 5) is 26.2. The van der Waals surface area contributed by atoms with Gasteiger partial charge in [-0.2, -0.15) is 0 Å². The van der Waals surface area contributed by atoms with Crippen LogP contribution in [-0.4, -0.2) is 33.1 Å². The van der Waals surface area contributed by atoms with E-state index in [0.29, 0.717) is 24.4 Å². The predicted octanol–water partition coefficient (Wildman–Crippen LogP) is 2.43. The molecule has 0 bridgehead atoms. The molecule has 1 aromatic carbocycles. The van der Waals surface area contributed by atoms with E-state index in [-0.39, 0.29) is 5.91 Å². The van der Waals surface area contributed by atoms with Crippen LogP contribution in [0.15, 0.2) is 28.8 Å². The topological polar surface area (TPSA) is 83.6 Å². The SMILES string of the molecule is Cc1noc(C)c1[C@H](C)C(=O)N1Cc2ccccc2C[C@H]1C(=O)O. The van der Waals surface area contributed by atoms with Gasteiger partial charge in [0.1, 0.15) is 11.8 Å². The van der Waals surface area contributed by atoms with E-state index in [4.69, 9.17) is 4.52 Å². The summed E-state index contributed by atoms with van der Waals surface area (Å²) in [7, 11) is 0. The molecular weight excluding hydrogens is 308 g/mol. The first-order chi connectivity index (χ1) is 11.4. The monoisotopic (exact) mass is 328 g/mol. The Morgan fingerprint density at radius 2 is 1.96 bits per heavy atom. The van der Waals surface area contributed by atoms with Gasteiger partial charge in [-0.3, -0.25) is 4.79 Å². The van der Waals surface area contributed by atoms with Crippen LogP contribution in [0.2, 0.25) is 0 Å². The molecule has 0 unspecified atom stereocenters. The van der Waals surface area contributed by atoms with E-state index in [9.17, 15) is 14.7 Å². The number of carboxylic acids is 1. The maximum Gasteiger partial charge on any atom is 0.326 e. The molecule has 0 saturated carbocycles. The average Bonchev–Trinajstić information content (AvgIpc) is 2.90. The molecule has 2 heterocycles. The van der Waals surface area contributed by atoms with Crippen molar-refractivity contribution in [1.29, 1.82) is 0 Å². The van der Waals surface area contributed by atoms with Gasteiger partial charge in [-0.1, -0.05) is 29.4 Å². The van der Waals surface area contributed by atoms with Crippen LogP contribution in [0.25, 0.3) is 0 Å². The Morgan fingerprint density at radius 3 is 2.54 bits per heavy atom. The summed E-state index contributed by atoms with van der Waals surface area (Å²) < 4.78 is 5.15. The number of carbonyl (C=O) groups is 2. The molecule has 0 radical (unpaired) electrons. The molecule has 6 heteroatoms. The Bertz CT molecular complexity index is 777. The molecule has 1 amide bonds. The van der Waals surface area contributed by atoms with Crippen LogP contribution in [-0.2, 0) is 22.6 Å². The van der Waals surface area contributed by atoms with Gasteiger partial charge in [0, 0.05) is 18.5 Å². The van der Waals surface area contributed by atoms with Crippen molar-refractivity contribution in [3.63, 3.8) is 0 Å². The quantitative estimate of drug-likeness (QED) is 0.935. The first-order valence-corrected chi connectivity index (χ1v) is 7.93. The molecule has 0 aliphatic carbocycles. The third-order valence-corrected chi connectivity index (χ3v) is 4.71.